The molecule has 2 heterocycles. The summed E-state index contributed by atoms with van der Waals surface area (Å²) in [4.78, 5) is 37.6. The second kappa shape index (κ2) is 10.9. The topological polar surface area (TPSA) is 73.8 Å². The predicted molar refractivity (Wildman–Crippen MR) is 149 cm³/mol. The molecule has 1 unspecified atom stereocenters. The van der Waals surface area contributed by atoms with Crippen molar-refractivity contribution >= 4 is 22.6 Å². The van der Waals surface area contributed by atoms with Crippen LogP contribution in [0.2, 0.25) is 0 Å². The van der Waals surface area contributed by atoms with Crippen molar-refractivity contribution in [2.24, 2.45) is 5.92 Å². The molecular weight excluding hydrogens is 496 g/mol. The van der Waals surface area contributed by atoms with Crippen molar-refractivity contribution < 1.29 is 13.8 Å². The number of urea groups is 1. The first kappa shape index (κ1) is 27.0. The van der Waals surface area contributed by atoms with Gasteiger partial charge < -0.3 is 9.80 Å². The second-order valence-electron chi connectivity index (χ2n) is 11.7. The first-order valence-electron chi connectivity index (χ1n) is 13.8. The van der Waals surface area contributed by atoms with Gasteiger partial charge in [0.2, 0.25) is 0 Å². The Balaban J connectivity index is 1.33. The highest BCUT2D eigenvalue weighted by molar-refractivity contribution is 7.84. The fourth-order valence-electron chi connectivity index (χ4n) is 6.70. The maximum Gasteiger partial charge on any atom is 0.321 e. The molecule has 2 amide bonds. The van der Waals surface area contributed by atoms with Gasteiger partial charge in [0.05, 0.1) is 29.3 Å². The Labute approximate surface area is 229 Å². The molecule has 2 aromatic rings. The van der Waals surface area contributed by atoms with E-state index in [9.17, 15) is 13.8 Å². The molecular formula is C30H40N4O3S. The number of nitrogens with zero attached hydrogens (tertiary/aromatic N) is 4. The van der Waals surface area contributed by atoms with Crippen LogP contribution in [0.3, 0.4) is 0 Å². The van der Waals surface area contributed by atoms with E-state index in [-0.39, 0.29) is 35.9 Å². The van der Waals surface area contributed by atoms with Crippen LogP contribution in [0.4, 0.5) is 4.79 Å². The molecule has 1 spiro atoms. The van der Waals surface area contributed by atoms with Crippen LogP contribution >= 0.6 is 0 Å². The lowest BCUT2D eigenvalue weighted by Crippen LogP contribution is -2.56. The molecule has 8 heteroatoms. The molecule has 1 aliphatic heterocycles. The third kappa shape index (κ3) is 5.17. The van der Waals surface area contributed by atoms with Gasteiger partial charge in [-0.15, -0.1) is 0 Å². The quantitative estimate of drug-likeness (QED) is 0.479. The highest BCUT2D eigenvalue weighted by atomic mass is 32.2. The van der Waals surface area contributed by atoms with E-state index in [1.807, 2.05) is 0 Å². The Kier molecular flexibility index (Phi) is 7.74. The number of benzene rings is 1. The fourth-order valence-corrected chi connectivity index (χ4v) is 7.21. The van der Waals surface area contributed by atoms with Gasteiger partial charge in [0.15, 0.2) is 5.78 Å². The zero-order valence-electron chi connectivity index (χ0n) is 22.9. The third-order valence-electron chi connectivity index (χ3n) is 9.22. The summed E-state index contributed by atoms with van der Waals surface area (Å²) in [6.07, 6.45) is 9.15. The number of carbonyl (C=O) groups excluding carboxylic acids is 2. The monoisotopic (exact) mass is 536 g/mol. The highest BCUT2D eigenvalue weighted by Gasteiger charge is 2.55. The van der Waals surface area contributed by atoms with Crippen molar-refractivity contribution in [1.82, 2.24) is 19.7 Å². The zero-order valence-corrected chi connectivity index (χ0v) is 23.7. The zero-order chi connectivity index (χ0) is 26.9. The number of amides is 2. The Morgan fingerprint density at radius 2 is 1.76 bits per heavy atom. The molecule has 3 aliphatic rings. The largest absolute Gasteiger partial charge is 0.321 e. The van der Waals surface area contributed by atoms with Crippen molar-refractivity contribution in [3.05, 3.63) is 59.8 Å². The average molecular weight is 537 g/mol. The molecule has 0 bridgehead atoms. The molecule has 2 aliphatic carbocycles. The summed E-state index contributed by atoms with van der Waals surface area (Å²) in [5.74, 6) is 0.538. The van der Waals surface area contributed by atoms with E-state index in [4.69, 9.17) is 0 Å². The molecule has 1 saturated heterocycles. The van der Waals surface area contributed by atoms with Crippen LogP contribution in [-0.4, -0.2) is 81.2 Å². The number of aromatic nitrogens is 1. The Morgan fingerprint density at radius 3 is 2.37 bits per heavy atom. The van der Waals surface area contributed by atoms with Crippen molar-refractivity contribution in [2.45, 2.75) is 67.5 Å². The molecule has 0 radical (unpaired) electrons. The number of hydrogen-bond donors (Lipinski definition) is 0. The van der Waals surface area contributed by atoms with E-state index in [0.29, 0.717) is 23.2 Å². The van der Waals surface area contributed by atoms with E-state index in [1.165, 1.54) is 24.8 Å². The van der Waals surface area contributed by atoms with E-state index >= 15 is 0 Å². The van der Waals surface area contributed by atoms with Gasteiger partial charge in [-0.2, -0.15) is 0 Å². The van der Waals surface area contributed by atoms with Gasteiger partial charge in [0.1, 0.15) is 5.03 Å². The molecule has 3 fully saturated rings. The molecule has 1 atom stereocenters. The minimum atomic E-state index is -1.20. The van der Waals surface area contributed by atoms with E-state index in [0.717, 1.165) is 32.2 Å². The summed E-state index contributed by atoms with van der Waals surface area (Å²) in [5, 5.41) is 0.475. The number of ketones is 1. The molecule has 204 valence electrons. The van der Waals surface area contributed by atoms with Gasteiger partial charge in [-0.05, 0) is 76.2 Å². The summed E-state index contributed by atoms with van der Waals surface area (Å²) < 4.78 is 11.8. The lowest BCUT2D eigenvalue weighted by atomic mass is 9.68. The van der Waals surface area contributed by atoms with Gasteiger partial charge in [0, 0.05) is 30.6 Å². The van der Waals surface area contributed by atoms with Gasteiger partial charge in [-0.3, -0.25) is 13.9 Å². The summed E-state index contributed by atoms with van der Waals surface area (Å²) in [5.41, 5.74) is 1.67. The summed E-state index contributed by atoms with van der Waals surface area (Å²) in [7, 11) is 3.13. The van der Waals surface area contributed by atoms with E-state index in [1.54, 1.807) is 29.4 Å². The van der Waals surface area contributed by atoms with Crippen LogP contribution in [0.1, 0.15) is 56.2 Å². The SMILES string of the molecule is CN(C)C1(c2ccccc2)CCC2(CC1)CN(CC(=O)Cc1cccc(S(C)=O)n1)C(=O)N2CC1CCC1. The molecule has 2 saturated carbocycles. The second-order valence-corrected chi connectivity index (χ2v) is 13.0. The molecule has 38 heavy (non-hydrogen) atoms. The third-order valence-corrected chi connectivity index (χ3v) is 10.0. The first-order chi connectivity index (χ1) is 18.2. The Morgan fingerprint density at radius 1 is 1.05 bits per heavy atom. The predicted octanol–water partition coefficient (Wildman–Crippen LogP) is 4.24. The minimum absolute atomic E-state index is 0.0127. The van der Waals surface area contributed by atoms with Crippen LogP contribution in [0.5, 0.6) is 0 Å². The van der Waals surface area contributed by atoms with Crippen LogP contribution in [0.25, 0.3) is 0 Å². The van der Waals surface area contributed by atoms with Crippen molar-refractivity contribution in [1.29, 1.82) is 0 Å². The van der Waals surface area contributed by atoms with Crippen molar-refractivity contribution in [3.8, 4) is 0 Å². The van der Waals surface area contributed by atoms with Crippen LogP contribution in [-0.2, 0) is 27.6 Å². The molecule has 0 N–H and O–H groups in total. The number of rotatable bonds is 9. The number of pyridine rings is 1. The van der Waals surface area contributed by atoms with Gasteiger partial charge in [0.25, 0.3) is 0 Å². The number of hydrogen-bond acceptors (Lipinski definition) is 5. The van der Waals surface area contributed by atoms with Gasteiger partial charge in [-0.1, -0.05) is 42.8 Å². The van der Waals surface area contributed by atoms with E-state index in [2.05, 4.69) is 59.2 Å². The lowest BCUT2D eigenvalue weighted by molar-refractivity contribution is -0.119. The summed E-state index contributed by atoms with van der Waals surface area (Å²) >= 11 is 0. The van der Waals surface area contributed by atoms with Crippen molar-refractivity contribution in [2.75, 3.05) is 40.0 Å². The van der Waals surface area contributed by atoms with Crippen LogP contribution in [0, 0.1) is 5.92 Å². The lowest BCUT2D eigenvalue weighted by Gasteiger charge is -2.51. The summed E-state index contributed by atoms with van der Waals surface area (Å²) in [6, 6.07) is 16.0. The number of carbonyl (C=O) groups is 2. The normalized spacial score (nSPS) is 26.7. The maximum absolute atomic E-state index is 13.8. The number of Topliss-reactive ketones (excluding diaryl/α,β-unsaturated/α-hetero) is 1. The molecule has 1 aromatic carbocycles. The smallest absolute Gasteiger partial charge is 0.317 e. The summed E-state index contributed by atoms with van der Waals surface area (Å²) in [6.45, 7) is 1.51. The standard InChI is InChI=1S/C30H40N4O3S/c1-32(2)30(24-11-5-4-6-12-24)17-15-29(16-18-30)22-33(28(36)34(29)20-23-9-7-10-23)21-26(35)19-25-13-8-14-27(31-25)38(3)37/h4-6,8,11-14,23H,7,9-10,15-22H2,1-3H3. The Bertz CT molecular complexity index is 1190. The average Bonchev–Trinajstić information content (AvgIpc) is 3.12. The van der Waals surface area contributed by atoms with E-state index < -0.39 is 10.8 Å². The maximum atomic E-state index is 13.8. The first-order valence-corrected chi connectivity index (χ1v) is 15.4. The highest BCUT2D eigenvalue weighted by Crippen LogP contribution is 2.49. The minimum Gasteiger partial charge on any atom is -0.317 e. The van der Waals surface area contributed by atoms with Crippen LogP contribution in [0.15, 0.2) is 53.6 Å². The van der Waals surface area contributed by atoms with Crippen LogP contribution < -0.4 is 0 Å². The molecule has 7 nitrogen and oxygen atoms in total. The Hall–Kier alpha value is -2.58. The van der Waals surface area contributed by atoms with Gasteiger partial charge >= 0.3 is 6.03 Å². The fraction of sp³-hybridized carbons (Fsp3) is 0.567. The van der Waals surface area contributed by atoms with Gasteiger partial charge in [-0.25, -0.2) is 9.78 Å². The molecule has 1 aromatic heterocycles. The molecule has 5 rings (SSSR count). The van der Waals surface area contributed by atoms with Crippen molar-refractivity contribution in [3.63, 3.8) is 0 Å².